The van der Waals surface area contributed by atoms with E-state index >= 15 is 0 Å². The zero-order valence-electron chi connectivity index (χ0n) is 15.6. The molecular weight excluding hydrogens is 323 g/mol. The van der Waals surface area contributed by atoms with Crippen LogP contribution in [0.1, 0.15) is 26.3 Å². The quantitative estimate of drug-likeness (QED) is 0.560. The van der Waals surface area contributed by atoms with Crippen LogP contribution in [0.15, 0.2) is 30.3 Å². The van der Waals surface area contributed by atoms with Crippen molar-refractivity contribution >= 4 is 18.0 Å². The van der Waals surface area contributed by atoms with Gasteiger partial charge in [0.25, 0.3) is 0 Å². The molecule has 0 aliphatic rings. The Hall–Kier alpha value is -2.21. The first-order chi connectivity index (χ1) is 11.6. The molecule has 0 N–H and O–H groups in total. The highest BCUT2D eigenvalue weighted by atomic mass is 19.1. The summed E-state index contributed by atoms with van der Waals surface area (Å²) in [6.07, 6.45) is 2.69. The first-order valence-electron chi connectivity index (χ1n) is 8.16. The van der Waals surface area contributed by atoms with Crippen molar-refractivity contribution in [3.8, 4) is 0 Å². The number of hydrogen-bond acceptors (Lipinski definition) is 4. The lowest BCUT2D eigenvalue weighted by Crippen LogP contribution is -2.41. The Labute approximate surface area is 149 Å². The van der Waals surface area contributed by atoms with Crippen LogP contribution in [-0.2, 0) is 14.3 Å². The Morgan fingerprint density at radius 1 is 1.16 bits per heavy atom. The largest absolute Gasteiger partial charge is 0.459 e. The smallest absolute Gasteiger partial charge is 0.326 e. The van der Waals surface area contributed by atoms with Crippen molar-refractivity contribution in [2.24, 2.45) is 0 Å². The minimum atomic E-state index is -0.615. The van der Waals surface area contributed by atoms with Crippen LogP contribution in [0.3, 0.4) is 0 Å². The van der Waals surface area contributed by atoms with Crippen LogP contribution in [0, 0.1) is 5.82 Å². The molecule has 0 heterocycles. The molecule has 5 nitrogen and oxygen atoms in total. The van der Waals surface area contributed by atoms with E-state index in [1.165, 1.54) is 23.1 Å². The van der Waals surface area contributed by atoms with Gasteiger partial charge in [-0.15, -0.1) is 0 Å². The molecule has 0 aliphatic carbocycles. The number of nitrogens with zero attached hydrogens (tertiary/aromatic N) is 2. The molecule has 1 aromatic carbocycles. The van der Waals surface area contributed by atoms with Crippen LogP contribution < -0.4 is 0 Å². The Balaban J connectivity index is 2.81. The van der Waals surface area contributed by atoms with E-state index in [0.29, 0.717) is 18.7 Å². The summed E-state index contributed by atoms with van der Waals surface area (Å²) in [6.45, 7) is 6.14. The van der Waals surface area contributed by atoms with Gasteiger partial charge in [0.2, 0.25) is 5.91 Å². The van der Waals surface area contributed by atoms with Crippen molar-refractivity contribution in [2.45, 2.75) is 26.4 Å². The fourth-order valence-corrected chi connectivity index (χ4v) is 1.99. The van der Waals surface area contributed by atoms with Crippen LogP contribution >= 0.6 is 0 Å². The summed E-state index contributed by atoms with van der Waals surface area (Å²) >= 11 is 0. The second-order valence-electron chi connectivity index (χ2n) is 7.00. The lowest BCUT2D eigenvalue weighted by Gasteiger charge is -2.25. The van der Waals surface area contributed by atoms with Gasteiger partial charge in [-0.25, -0.2) is 4.39 Å². The Morgan fingerprint density at radius 2 is 1.80 bits per heavy atom. The third kappa shape index (κ3) is 8.44. The molecule has 0 aromatic heterocycles. The molecule has 25 heavy (non-hydrogen) atoms. The molecule has 1 rings (SSSR count). The third-order valence-electron chi connectivity index (χ3n) is 3.18. The van der Waals surface area contributed by atoms with Gasteiger partial charge in [0.15, 0.2) is 0 Å². The number of halogens is 1. The summed E-state index contributed by atoms with van der Waals surface area (Å²) in [7, 11) is 3.76. The molecule has 0 aliphatic heterocycles. The van der Waals surface area contributed by atoms with Crippen molar-refractivity contribution in [2.75, 3.05) is 33.7 Å². The number of ether oxygens (including phenoxy) is 1. The zero-order chi connectivity index (χ0) is 19.0. The van der Waals surface area contributed by atoms with Gasteiger partial charge in [0.1, 0.15) is 18.0 Å². The number of amides is 1. The topological polar surface area (TPSA) is 49.9 Å². The molecule has 0 unspecified atom stereocenters. The molecule has 0 spiro atoms. The molecule has 6 heteroatoms. The first kappa shape index (κ1) is 20.8. The monoisotopic (exact) mass is 350 g/mol. The minimum Gasteiger partial charge on any atom is -0.459 e. The summed E-state index contributed by atoms with van der Waals surface area (Å²) in [5.74, 6) is -1.24. The van der Waals surface area contributed by atoms with Crippen LogP contribution in [0.5, 0.6) is 0 Å². The van der Waals surface area contributed by atoms with E-state index in [-0.39, 0.29) is 12.5 Å². The van der Waals surface area contributed by atoms with Crippen molar-refractivity contribution < 1.29 is 18.7 Å². The van der Waals surface area contributed by atoms with Crippen molar-refractivity contribution in [1.29, 1.82) is 0 Å². The summed E-state index contributed by atoms with van der Waals surface area (Å²) < 4.78 is 18.9. The van der Waals surface area contributed by atoms with Crippen LogP contribution in [0.2, 0.25) is 0 Å². The Kier molecular flexibility index (Phi) is 7.77. The van der Waals surface area contributed by atoms with Crippen LogP contribution in [0.4, 0.5) is 4.39 Å². The maximum Gasteiger partial charge on any atom is 0.326 e. The zero-order valence-corrected chi connectivity index (χ0v) is 15.6. The number of rotatable bonds is 7. The Bertz CT molecular complexity index is 621. The lowest BCUT2D eigenvalue weighted by molar-refractivity contribution is -0.158. The van der Waals surface area contributed by atoms with E-state index < -0.39 is 17.4 Å². The fourth-order valence-electron chi connectivity index (χ4n) is 1.99. The molecule has 0 saturated carbocycles. The SMILES string of the molecule is CN(C)CCN(CC(=O)OC(C)(C)C)C(=O)/C=C/c1ccccc1F. The van der Waals surface area contributed by atoms with Gasteiger partial charge in [-0.2, -0.15) is 0 Å². The van der Waals surface area contributed by atoms with E-state index in [1.54, 1.807) is 39.0 Å². The number of benzene rings is 1. The summed E-state index contributed by atoms with van der Waals surface area (Å²) in [4.78, 5) is 27.8. The highest BCUT2D eigenvalue weighted by molar-refractivity contribution is 5.93. The highest BCUT2D eigenvalue weighted by Gasteiger charge is 2.21. The fraction of sp³-hybridized carbons (Fsp3) is 0.474. The highest BCUT2D eigenvalue weighted by Crippen LogP contribution is 2.10. The number of likely N-dealkylation sites (N-methyl/N-ethyl adjacent to an activating group) is 1. The molecule has 138 valence electrons. The maximum atomic E-state index is 13.6. The van der Waals surface area contributed by atoms with E-state index in [4.69, 9.17) is 4.74 Å². The first-order valence-corrected chi connectivity index (χ1v) is 8.16. The van der Waals surface area contributed by atoms with Gasteiger partial charge in [0, 0.05) is 24.7 Å². The number of carbonyl (C=O) groups is 2. The number of carbonyl (C=O) groups excluding carboxylic acids is 2. The van der Waals surface area contributed by atoms with Gasteiger partial charge < -0.3 is 14.5 Å². The van der Waals surface area contributed by atoms with E-state index in [2.05, 4.69) is 0 Å². The van der Waals surface area contributed by atoms with Crippen molar-refractivity contribution in [3.63, 3.8) is 0 Å². The number of esters is 1. The molecule has 0 fully saturated rings. The molecule has 0 bridgehead atoms. The van der Waals surface area contributed by atoms with Gasteiger partial charge in [-0.1, -0.05) is 18.2 Å². The minimum absolute atomic E-state index is 0.147. The van der Waals surface area contributed by atoms with Crippen LogP contribution in [-0.4, -0.2) is 61.0 Å². The Morgan fingerprint density at radius 3 is 2.36 bits per heavy atom. The summed E-state index contributed by atoms with van der Waals surface area (Å²) in [5, 5.41) is 0. The second kappa shape index (κ2) is 9.32. The second-order valence-corrected chi connectivity index (χ2v) is 7.00. The molecule has 0 saturated heterocycles. The van der Waals surface area contributed by atoms with Crippen molar-refractivity contribution in [1.82, 2.24) is 9.80 Å². The standard InChI is InChI=1S/C19H27FN2O3/c1-19(2,3)25-18(24)14-22(13-12-21(4)5)17(23)11-10-15-8-6-7-9-16(15)20/h6-11H,12-14H2,1-5H3/b11-10+. The molecular formula is C19H27FN2O3. The van der Waals surface area contributed by atoms with Crippen molar-refractivity contribution in [3.05, 3.63) is 41.7 Å². The predicted octanol–water partition coefficient (Wildman–Crippen LogP) is 2.57. The average Bonchev–Trinajstić information content (AvgIpc) is 2.48. The van der Waals surface area contributed by atoms with Gasteiger partial charge in [-0.3, -0.25) is 9.59 Å². The van der Waals surface area contributed by atoms with Crippen LogP contribution in [0.25, 0.3) is 6.08 Å². The third-order valence-corrected chi connectivity index (χ3v) is 3.18. The lowest BCUT2D eigenvalue weighted by atomic mass is 10.2. The molecule has 0 radical (unpaired) electrons. The van der Waals surface area contributed by atoms with E-state index in [9.17, 15) is 14.0 Å². The summed E-state index contributed by atoms with van der Waals surface area (Å²) in [6, 6.07) is 6.18. The molecule has 0 atom stereocenters. The maximum absolute atomic E-state index is 13.6. The van der Waals surface area contributed by atoms with E-state index in [1.807, 2.05) is 19.0 Å². The molecule has 1 aromatic rings. The van der Waals surface area contributed by atoms with Gasteiger partial charge in [0.05, 0.1) is 0 Å². The van der Waals surface area contributed by atoms with Gasteiger partial charge >= 0.3 is 5.97 Å². The average molecular weight is 350 g/mol. The predicted molar refractivity (Wildman–Crippen MR) is 96.4 cm³/mol. The normalized spacial score (nSPS) is 11.8. The summed E-state index contributed by atoms with van der Waals surface area (Å²) in [5.41, 5.74) is -0.295. The molecule has 1 amide bonds. The number of hydrogen-bond donors (Lipinski definition) is 0. The van der Waals surface area contributed by atoms with E-state index in [0.717, 1.165) is 0 Å². The van der Waals surface area contributed by atoms with Gasteiger partial charge in [-0.05, 0) is 47.0 Å².